The number of hydrogen-bond acceptors (Lipinski definition) is 15. The summed E-state index contributed by atoms with van der Waals surface area (Å²) in [6.45, 7) is 0.399. The van der Waals surface area contributed by atoms with E-state index in [1.165, 1.54) is 30.3 Å². The van der Waals surface area contributed by atoms with Crippen LogP contribution in [0.5, 0.6) is 0 Å². The van der Waals surface area contributed by atoms with Crippen molar-refractivity contribution in [2.24, 2.45) is 0 Å². The highest BCUT2D eigenvalue weighted by atomic mass is 31.2. The molecule has 0 aromatic carbocycles. The van der Waals surface area contributed by atoms with Crippen molar-refractivity contribution in [1.29, 1.82) is 0 Å². The summed E-state index contributed by atoms with van der Waals surface area (Å²) in [5, 5.41) is 29.8. The number of nitrogens with two attached hydrogens (primary N) is 1. The fraction of sp³-hybridized carbons (Fsp3) is 0.550. The van der Waals surface area contributed by atoms with Crippen molar-refractivity contribution in [2.45, 2.75) is 56.3 Å². The summed E-state index contributed by atoms with van der Waals surface area (Å²) in [4.78, 5) is 71.5. The predicted molar refractivity (Wildman–Crippen MR) is 142 cm³/mol. The Bertz CT molecular complexity index is 1690. The molecule has 0 amide bonds. The Morgan fingerprint density at radius 1 is 0.977 bits per heavy atom. The Kier molecular flexibility index (Phi) is 10.2. The summed E-state index contributed by atoms with van der Waals surface area (Å²) in [6, 6.07) is 0. The van der Waals surface area contributed by atoms with Crippen molar-refractivity contribution >= 4 is 32.6 Å². The zero-order valence-electron chi connectivity index (χ0n) is 22.5. The number of phosphoric ester groups is 2. The molecule has 10 N–H and O–H groups in total. The standard InChI is InChI=1S/C10H14N5O7P.C10H15N2O8P/c11-8-5-9(13-2-12-8)15(3-14-5)10-7(17)6(16)4(22-10)1-21-23(18,19)20;1-5-3-12(10(15)11-9(5)14)8-2-6(13)7(20-8)4-19-21(16,17)18/h2-4,6-7,10,16-17H,1H2,(H2,11,12,13)(H2,18,19,20);3,6-8,13H,2,4H2,1H3,(H,11,14,15)(H2,16,17,18)/t4-,6-,7-,10-;6-,7+,8+/m10/s1. The van der Waals surface area contributed by atoms with Crippen LogP contribution in [0, 0.1) is 6.92 Å². The first-order chi connectivity index (χ1) is 20.4. The number of phosphoric acid groups is 2. The van der Waals surface area contributed by atoms with Crippen molar-refractivity contribution in [1.82, 2.24) is 29.1 Å². The van der Waals surface area contributed by atoms with Crippen molar-refractivity contribution in [3.05, 3.63) is 45.3 Å². The van der Waals surface area contributed by atoms with Crippen molar-refractivity contribution in [2.75, 3.05) is 18.9 Å². The molecular weight excluding hydrogens is 640 g/mol. The van der Waals surface area contributed by atoms with Crippen LogP contribution in [0.1, 0.15) is 24.4 Å². The van der Waals surface area contributed by atoms with Gasteiger partial charge in [0.2, 0.25) is 0 Å². The van der Waals surface area contributed by atoms with Gasteiger partial charge in [-0.25, -0.2) is 28.9 Å². The number of anilines is 1. The van der Waals surface area contributed by atoms with E-state index in [1.54, 1.807) is 0 Å². The fourth-order valence-corrected chi connectivity index (χ4v) is 5.01. The summed E-state index contributed by atoms with van der Waals surface area (Å²) in [5.74, 6) is 0.142. The number of hydrogen-bond donors (Lipinski definition) is 9. The summed E-state index contributed by atoms with van der Waals surface area (Å²) in [6.07, 6.45) is -4.06. The quantitative estimate of drug-likeness (QED) is 0.106. The molecule has 0 unspecified atom stereocenters. The van der Waals surface area contributed by atoms with E-state index in [-0.39, 0.29) is 17.9 Å². The van der Waals surface area contributed by atoms with Crippen molar-refractivity contribution in [3.8, 4) is 0 Å². The van der Waals surface area contributed by atoms with E-state index >= 15 is 0 Å². The van der Waals surface area contributed by atoms with Crippen LogP contribution in [0.25, 0.3) is 11.2 Å². The zero-order valence-corrected chi connectivity index (χ0v) is 24.3. The Morgan fingerprint density at radius 3 is 2.25 bits per heavy atom. The molecule has 0 spiro atoms. The molecule has 244 valence electrons. The number of nitrogen functional groups attached to an aromatic ring is 1. The third-order valence-corrected chi connectivity index (χ3v) is 7.44. The predicted octanol–water partition coefficient (Wildman–Crippen LogP) is -3.26. The van der Waals surface area contributed by atoms with Gasteiger partial charge in [0.1, 0.15) is 42.5 Å². The third-order valence-electron chi connectivity index (χ3n) is 6.47. The summed E-state index contributed by atoms with van der Waals surface area (Å²) in [5.41, 5.74) is 5.33. The van der Waals surface area contributed by atoms with Gasteiger partial charge < -0.3 is 50.1 Å². The second-order valence-corrected chi connectivity index (χ2v) is 12.1. The Morgan fingerprint density at radius 2 is 1.61 bits per heavy atom. The number of aryl methyl sites for hydroxylation is 1. The number of aliphatic hydroxyl groups excluding tert-OH is 3. The Balaban J connectivity index is 0.000000202. The molecule has 3 aromatic heterocycles. The highest BCUT2D eigenvalue weighted by Crippen LogP contribution is 2.39. The fourth-order valence-electron chi connectivity index (χ4n) is 4.33. The molecule has 3 aromatic rings. The van der Waals surface area contributed by atoms with Crippen LogP contribution < -0.4 is 17.0 Å². The lowest BCUT2D eigenvalue weighted by atomic mass is 10.1. The normalized spacial score (nSPS) is 27.4. The van der Waals surface area contributed by atoms with E-state index in [9.17, 15) is 34.0 Å². The van der Waals surface area contributed by atoms with E-state index in [2.05, 4.69) is 29.0 Å². The average Bonchev–Trinajstić information content (AvgIpc) is 3.60. The van der Waals surface area contributed by atoms with Crippen LogP contribution >= 0.6 is 15.6 Å². The van der Waals surface area contributed by atoms with Crippen LogP contribution in [0.15, 0.2) is 28.4 Å². The number of H-pyrrole nitrogens is 1. The van der Waals surface area contributed by atoms with Crippen molar-refractivity contribution < 1.29 is 62.5 Å². The van der Waals surface area contributed by atoms with Gasteiger partial charge in [0.15, 0.2) is 17.7 Å². The molecule has 0 radical (unpaired) electrons. The first-order valence-corrected chi connectivity index (χ1v) is 15.5. The molecule has 2 aliphatic rings. The first-order valence-electron chi connectivity index (χ1n) is 12.5. The molecule has 2 saturated heterocycles. The van der Waals surface area contributed by atoms with E-state index in [1.807, 2.05) is 0 Å². The van der Waals surface area contributed by atoms with Gasteiger partial charge in [-0.15, -0.1) is 0 Å². The van der Waals surface area contributed by atoms with Gasteiger partial charge in [0.05, 0.1) is 25.6 Å². The maximum absolute atomic E-state index is 11.7. The number of ether oxygens (including phenoxy) is 2. The van der Waals surface area contributed by atoms with Gasteiger partial charge >= 0.3 is 21.3 Å². The highest BCUT2D eigenvalue weighted by Gasteiger charge is 2.45. The third kappa shape index (κ3) is 8.00. The minimum atomic E-state index is -4.72. The highest BCUT2D eigenvalue weighted by molar-refractivity contribution is 7.46. The molecule has 0 saturated carbocycles. The second-order valence-electron chi connectivity index (χ2n) is 9.61. The molecule has 0 bridgehead atoms. The minimum absolute atomic E-state index is 0.0283. The molecular formula is C20H29N7O15P2. The van der Waals surface area contributed by atoms with Crippen LogP contribution in [0.3, 0.4) is 0 Å². The number of nitrogens with one attached hydrogen (secondary N) is 1. The summed E-state index contributed by atoms with van der Waals surface area (Å²) < 4.78 is 43.2. The molecule has 5 heterocycles. The Hall–Kier alpha value is -2.95. The zero-order chi connectivity index (χ0) is 32.6. The van der Waals surface area contributed by atoms with Gasteiger partial charge in [-0.1, -0.05) is 0 Å². The molecule has 7 atom stereocenters. The van der Waals surface area contributed by atoms with E-state index in [4.69, 9.17) is 34.8 Å². The number of fused-ring (bicyclic) bond motifs is 1. The summed E-state index contributed by atoms with van der Waals surface area (Å²) >= 11 is 0. The monoisotopic (exact) mass is 669 g/mol. The van der Waals surface area contributed by atoms with E-state index < -0.39 is 83.1 Å². The molecule has 2 fully saturated rings. The molecule has 5 rings (SSSR count). The minimum Gasteiger partial charge on any atom is -0.390 e. The molecule has 22 nitrogen and oxygen atoms in total. The van der Waals surface area contributed by atoms with E-state index in [0.29, 0.717) is 11.1 Å². The lowest BCUT2D eigenvalue weighted by Gasteiger charge is -2.16. The number of aromatic nitrogens is 6. The average molecular weight is 669 g/mol. The van der Waals surface area contributed by atoms with Crippen LogP contribution in [-0.4, -0.2) is 108 Å². The lowest BCUT2D eigenvalue weighted by Crippen LogP contribution is -2.33. The number of imidazole rings is 1. The van der Waals surface area contributed by atoms with Crippen LogP contribution in [-0.2, 0) is 27.7 Å². The smallest absolute Gasteiger partial charge is 0.390 e. The van der Waals surface area contributed by atoms with Gasteiger partial charge in [-0.05, 0) is 6.92 Å². The van der Waals surface area contributed by atoms with Crippen molar-refractivity contribution in [3.63, 3.8) is 0 Å². The number of aromatic amines is 1. The maximum Gasteiger partial charge on any atom is 0.469 e. The largest absolute Gasteiger partial charge is 0.469 e. The van der Waals surface area contributed by atoms with Gasteiger partial charge in [0, 0.05) is 18.2 Å². The van der Waals surface area contributed by atoms with E-state index in [0.717, 1.165) is 4.57 Å². The van der Waals surface area contributed by atoms with Gasteiger partial charge in [0.25, 0.3) is 5.56 Å². The van der Waals surface area contributed by atoms with Crippen LogP contribution in [0.4, 0.5) is 5.82 Å². The topological polar surface area (TPSA) is 337 Å². The molecule has 0 aliphatic carbocycles. The SMILES string of the molecule is Cc1cn([C@H]2C[C@H](O)[C@@H](COP(=O)(O)O)O2)c(=O)[nH]c1=O.Nc1ncnc2c1ncn2[C@@H]1O[C@H](COP(=O)(O)O)[C@@H](O)[C@H]1O. The maximum atomic E-state index is 11.7. The van der Waals surface area contributed by atoms with Gasteiger partial charge in [-0.3, -0.25) is 28.0 Å². The number of aliphatic hydroxyl groups is 3. The van der Waals surface area contributed by atoms with Gasteiger partial charge in [-0.2, -0.15) is 0 Å². The number of rotatable bonds is 8. The first kappa shape index (κ1) is 33.9. The molecule has 2 aliphatic heterocycles. The Labute approximate surface area is 245 Å². The second kappa shape index (κ2) is 13.2. The summed E-state index contributed by atoms with van der Waals surface area (Å²) in [7, 11) is -9.39. The van der Waals surface area contributed by atoms with Crippen LogP contribution in [0.2, 0.25) is 0 Å². The lowest BCUT2D eigenvalue weighted by molar-refractivity contribution is -0.0504. The molecule has 24 heteroatoms. The molecule has 44 heavy (non-hydrogen) atoms. The number of nitrogens with zero attached hydrogens (tertiary/aromatic N) is 5.